The molecule has 51 heavy (non-hydrogen) atoms. The Labute approximate surface area is 335 Å². The number of aryl methyl sites for hydroxylation is 2. The van der Waals surface area contributed by atoms with E-state index in [4.69, 9.17) is 9.47 Å². The van der Waals surface area contributed by atoms with E-state index in [9.17, 15) is 25.9 Å². The van der Waals surface area contributed by atoms with Gasteiger partial charge in [0, 0.05) is 0 Å². The first-order chi connectivity index (χ1) is 24.0. The minimum absolute atomic E-state index is 0. The Balaban J connectivity index is 0.000000347. The zero-order valence-electron chi connectivity index (χ0n) is 29.9. The standard InChI is InChI=1S/2C20H26O4S.Ca/c2*1-2-3-4-5-6-8-12-17-13-11-16-19(25(21,22)23)20(17)24-18-14-9-7-10-15-18;/h2*7,9-11,13-16H,2-6,8,12H2,1H3,(H,21,22,23);/q;;+2/p-2. The van der Waals surface area contributed by atoms with E-state index in [0.717, 1.165) is 36.8 Å². The largest absolute Gasteiger partial charge is 2.00 e. The van der Waals surface area contributed by atoms with Gasteiger partial charge in [0.25, 0.3) is 0 Å². The number of unbranched alkanes of at least 4 members (excludes halogenated alkanes) is 10. The summed E-state index contributed by atoms with van der Waals surface area (Å²) in [5.41, 5.74) is 1.52. The van der Waals surface area contributed by atoms with Crippen LogP contribution in [-0.2, 0) is 33.1 Å². The van der Waals surface area contributed by atoms with Gasteiger partial charge in [0.2, 0.25) is 0 Å². The maximum Gasteiger partial charge on any atom is 2.00 e. The predicted molar refractivity (Wildman–Crippen MR) is 202 cm³/mol. The first kappa shape index (κ1) is 44.7. The number of benzene rings is 4. The third-order valence-electron chi connectivity index (χ3n) is 8.19. The molecule has 0 amide bonds. The van der Waals surface area contributed by atoms with E-state index in [2.05, 4.69) is 13.8 Å². The molecule has 0 unspecified atom stereocenters. The van der Waals surface area contributed by atoms with Crippen LogP contribution in [0.2, 0.25) is 0 Å². The molecule has 4 rings (SSSR count). The molecule has 0 spiro atoms. The fraction of sp³-hybridized carbons (Fsp3) is 0.400. The Bertz CT molecular complexity index is 1650. The van der Waals surface area contributed by atoms with Crippen LogP contribution in [-0.4, -0.2) is 63.7 Å². The van der Waals surface area contributed by atoms with Gasteiger partial charge in [-0.1, -0.05) is 139 Å². The topological polar surface area (TPSA) is 133 Å². The summed E-state index contributed by atoms with van der Waals surface area (Å²) in [7, 11) is -9.19. The number of para-hydroxylation sites is 4. The van der Waals surface area contributed by atoms with Crippen LogP contribution in [0.5, 0.6) is 23.0 Å². The van der Waals surface area contributed by atoms with Gasteiger partial charge in [0.15, 0.2) is 0 Å². The van der Waals surface area contributed by atoms with Crippen molar-refractivity contribution in [1.29, 1.82) is 0 Å². The van der Waals surface area contributed by atoms with Gasteiger partial charge in [0.05, 0.1) is 9.79 Å². The minimum Gasteiger partial charge on any atom is -0.744 e. The van der Waals surface area contributed by atoms with Crippen molar-refractivity contribution in [3.05, 3.63) is 108 Å². The molecule has 0 saturated heterocycles. The molecular formula is C40H50CaO8S2. The molecule has 0 heterocycles. The van der Waals surface area contributed by atoms with Crippen LogP contribution < -0.4 is 9.47 Å². The Kier molecular flexibility index (Phi) is 21.0. The summed E-state index contributed by atoms with van der Waals surface area (Å²) < 4.78 is 81.2. The summed E-state index contributed by atoms with van der Waals surface area (Å²) in [6.07, 6.45) is 15.1. The van der Waals surface area contributed by atoms with Gasteiger partial charge in [-0.05, 0) is 73.2 Å². The molecule has 0 fully saturated rings. The van der Waals surface area contributed by atoms with E-state index in [1.165, 1.54) is 63.5 Å². The Morgan fingerprint density at radius 1 is 0.451 bits per heavy atom. The predicted octanol–water partition coefficient (Wildman–Crippen LogP) is 10.2. The van der Waals surface area contributed by atoms with Gasteiger partial charge in [-0.2, -0.15) is 0 Å². The van der Waals surface area contributed by atoms with Crippen molar-refractivity contribution >= 4 is 58.0 Å². The van der Waals surface area contributed by atoms with E-state index in [-0.39, 0.29) is 59.0 Å². The maximum atomic E-state index is 11.6. The Hall–Kier alpha value is -2.44. The third kappa shape index (κ3) is 16.4. The molecule has 11 heteroatoms. The normalized spacial score (nSPS) is 11.2. The minimum atomic E-state index is -4.59. The van der Waals surface area contributed by atoms with Crippen LogP contribution in [0, 0.1) is 0 Å². The molecule has 0 aliphatic carbocycles. The van der Waals surface area contributed by atoms with Crippen molar-refractivity contribution in [2.45, 2.75) is 114 Å². The second-order valence-electron chi connectivity index (χ2n) is 12.3. The first-order valence-corrected chi connectivity index (χ1v) is 20.5. The molecule has 0 saturated carbocycles. The van der Waals surface area contributed by atoms with Crippen molar-refractivity contribution in [1.82, 2.24) is 0 Å². The summed E-state index contributed by atoms with van der Waals surface area (Å²) in [6, 6.07) is 27.4. The van der Waals surface area contributed by atoms with Gasteiger partial charge in [-0.25, -0.2) is 16.8 Å². The molecule has 8 nitrogen and oxygen atoms in total. The Morgan fingerprint density at radius 2 is 0.784 bits per heavy atom. The SMILES string of the molecule is CCCCCCCCc1cccc(S(=O)(=O)[O-])c1Oc1ccccc1.CCCCCCCCc1cccc(S(=O)(=O)[O-])c1Oc1ccccc1.[Ca+2]. The molecule has 0 aromatic heterocycles. The molecule has 0 aliphatic heterocycles. The number of hydrogen-bond donors (Lipinski definition) is 0. The molecule has 0 bridgehead atoms. The number of ether oxygens (including phenoxy) is 2. The Morgan fingerprint density at radius 3 is 1.12 bits per heavy atom. The van der Waals surface area contributed by atoms with Crippen molar-refractivity contribution in [2.24, 2.45) is 0 Å². The van der Waals surface area contributed by atoms with Gasteiger partial charge >= 0.3 is 37.7 Å². The van der Waals surface area contributed by atoms with E-state index in [1.54, 1.807) is 60.7 Å². The zero-order chi connectivity index (χ0) is 36.2. The second-order valence-corrected chi connectivity index (χ2v) is 15.0. The summed E-state index contributed by atoms with van der Waals surface area (Å²) in [6.45, 7) is 4.37. The van der Waals surface area contributed by atoms with E-state index >= 15 is 0 Å². The smallest absolute Gasteiger partial charge is 0.744 e. The van der Waals surface area contributed by atoms with Crippen molar-refractivity contribution in [3.63, 3.8) is 0 Å². The fourth-order valence-corrected chi connectivity index (χ4v) is 6.84. The van der Waals surface area contributed by atoms with E-state index < -0.39 is 20.2 Å². The molecular weight excluding hydrogens is 713 g/mol. The molecule has 4 aromatic rings. The average molecular weight is 763 g/mol. The molecule has 0 N–H and O–H groups in total. The quantitative estimate of drug-likeness (QED) is 0.0494. The van der Waals surface area contributed by atoms with Gasteiger partial charge in [-0.3, -0.25) is 0 Å². The summed E-state index contributed by atoms with van der Waals surface area (Å²) in [5, 5.41) is 0. The average Bonchev–Trinajstić information content (AvgIpc) is 3.09. The van der Waals surface area contributed by atoms with Crippen LogP contribution in [0.4, 0.5) is 0 Å². The van der Waals surface area contributed by atoms with Crippen molar-refractivity contribution < 1.29 is 35.4 Å². The van der Waals surface area contributed by atoms with Crippen LogP contribution in [0.25, 0.3) is 0 Å². The molecule has 0 aliphatic rings. The summed E-state index contributed by atoms with van der Waals surface area (Å²) in [5.74, 6) is 1.36. The third-order valence-corrected chi connectivity index (χ3v) is 9.91. The molecule has 4 aromatic carbocycles. The monoisotopic (exact) mass is 762 g/mol. The van der Waals surface area contributed by atoms with Crippen LogP contribution in [0.15, 0.2) is 107 Å². The molecule has 272 valence electrons. The zero-order valence-corrected chi connectivity index (χ0v) is 33.8. The van der Waals surface area contributed by atoms with E-state index in [0.29, 0.717) is 24.3 Å². The van der Waals surface area contributed by atoms with E-state index in [1.807, 2.05) is 24.3 Å². The summed E-state index contributed by atoms with van der Waals surface area (Å²) in [4.78, 5) is -0.584. The first-order valence-electron chi connectivity index (χ1n) is 17.7. The number of rotatable bonds is 20. The molecule has 0 radical (unpaired) electrons. The molecule has 0 atom stereocenters. The summed E-state index contributed by atoms with van der Waals surface area (Å²) >= 11 is 0. The van der Waals surface area contributed by atoms with Crippen LogP contribution in [0.3, 0.4) is 0 Å². The van der Waals surface area contributed by atoms with Crippen LogP contribution in [0.1, 0.15) is 102 Å². The number of hydrogen-bond acceptors (Lipinski definition) is 8. The van der Waals surface area contributed by atoms with Crippen LogP contribution >= 0.6 is 0 Å². The van der Waals surface area contributed by atoms with Crippen molar-refractivity contribution in [3.8, 4) is 23.0 Å². The maximum absolute atomic E-state index is 11.6. The van der Waals surface area contributed by atoms with Gasteiger partial charge in [0.1, 0.15) is 43.2 Å². The second kappa shape index (κ2) is 24.0. The fourth-order valence-electron chi connectivity index (χ4n) is 5.55. The van der Waals surface area contributed by atoms with Crippen molar-refractivity contribution in [2.75, 3.05) is 0 Å². The van der Waals surface area contributed by atoms with Gasteiger partial charge < -0.3 is 18.6 Å². The van der Waals surface area contributed by atoms with Gasteiger partial charge in [-0.15, -0.1) is 0 Å².